The summed E-state index contributed by atoms with van der Waals surface area (Å²) in [5.41, 5.74) is 1.69. The molecule has 0 aliphatic carbocycles. The standard InChI is InChI=1S/C16H15N3O3.ClH/c1-10-16(21)19(2)13-8-12(5-6-14(13)22-10)18-15(20)11-4-3-7-17-9-11;/h3-10H,1-2H3,(H,18,20);1H. The molecule has 0 radical (unpaired) electrons. The summed E-state index contributed by atoms with van der Waals surface area (Å²) in [6, 6.07) is 8.58. The highest BCUT2D eigenvalue weighted by Crippen LogP contribution is 2.35. The van der Waals surface area contributed by atoms with Crippen molar-refractivity contribution in [2.24, 2.45) is 0 Å². The highest BCUT2D eigenvalue weighted by atomic mass is 35.5. The van der Waals surface area contributed by atoms with Gasteiger partial charge in [-0.3, -0.25) is 14.6 Å². The lowest BCUT2D eigenvalue weighted by Crippen LogP contribution is -2.41. The second-order valence-corrected chi connectivity index (χ2v) is 5.04. The van der Waals surface area contributed by atoms with Crippen molar-refractivity contribution in [1.82, 2.24) is 4.98 Å². The van der Waals surface area contributed by atoms with Gasteiger partial charge in [0.15, 0.2) is 6.10 Å². The third-order valence-corrected chi connectivity index (χ3v) is 3.48. The number of hydrogen-bond acceptors (Lipinski definition) is 4. The second-order valence-electron chi connectivity index (χ2n) is 5.04. The molecule has 1 atom stereocenters. The summed E-state index contributed by atoms with van der Waals surface area (Å²) in [6.45, 7) is 1.71. The van der Waals surface area contributed by atoms with Crippen LogP contribution >= 0.6 is 12.4 Å². The predicted octanol–water partition coefficient (Wildman–Crippen LogP) is 2.50. The van der Waals surface area contributed by atoms with Gasteiger partial charge in [-0.05, 0) is 37.3 Å². The molecule has 0 saturated carbocycles. The summed E-state index contributed by atoms with van der Waals surface area (Å²) in [6.07, 6.45) is 2.59. The Morgan fingerprint density at radius 2 is 2.13 bits per heavy atom. The molecule has 2 heterocycles. The fourth-order valence-corrected chi connectivity index (χ4v) is 2.29. The van der Waals surface area contributed by atoms with Crippen LogP contribution < -0.4 is 15.0 Å². The number of carbonyl (C=O) groups excluding carboxylic acids is 2. The number of halogens is 1. The largest absolute Gasteiger partial charge is 0.479 e. The van der Waals surface area contributed by atoms with Crippen LogP contribution in [0.25, 0.3) is 0 Å². The van der Waals surface area contributed by atoms with Crippen LogP contribution in [0.5, 0.6) is 5.75 Å². The maximum Gasteiger partial charge on any atom is 0.267 e. The molecule has 1 aliphatic rings. The number of likely N-dealkylation sites (N-methyl/N-ethyl adjacent to an activating group) is 1. The van der Waals surface area contributed by atoms with E-state index in [1.807, 2.05) is 0 Å². The minimum Gasteiger partial charge on any atom is -0.479 e. The summed E-state index contributed by atoms with van der Waals surface area (Å²) in [5.74, 6) is 0.240. The molecular formula is C16H16ClN3O3. The number of anilines is 2. The number of fused-ring (bicyclic) bond motifs is 1. The molecule has 2 aromatic rings. The molecule has 6 nitrogen and oxygen atoms in total. The van der Waals surface area contributed by atoms with Crippen LogP contribution in [-0.2, 0) is 4.79 Å². The van der Waals surface area contributed by atoms with Crippen molar-refractivity contribution in [2.45, 2.75) is 13.0 Å². The summed E-state index contributed by atoms with van der Waals surface area (Å²) in [7, 11) is 1.69. The number of carbonyl (C=O) groups is 2. The van der Waals surface area contributed by atoms with Crippen molar-refractivity contribution in [3.8, 4) is 5.75 Å². The molecule has 0 spiro atoms. The van der Waals surface area contributed by atoms with Crippen molar-refractivity contribution in [3.63, 3.8) is 0 Å². The monoisotopic (exact) mass is 333 g/mol. The number of nitrogens with one attached hydrogen (secondary N) is 1. The maximum atomic E-state index is 12.1. The smallest absolute Gasteiger partial charge is 0.267 e. The van der Waals surface area contributed by atoms with Gasteiger partial charge in [0.2, 0.25) is 0 Å². The molecule has 0 saturated heterocycles. The molecular weight excluding hydrogens is 318 g/mol. The average Bonchev–Trinajstić information content (AvgIpc) is 2.54. The Balaban J connectivity index is 0.00000192. The zero-order valence-corrected chi connectivity index (χ0v) is 13.5. The van der Waals surface area contributed by atoms with Gasteiger partial charge in [-0.1, -0.05) is 0 Å². The van der Waals surface area contributed by atoms with Gasteiger partial charge in [-0.15, -0.1) is 12.4 Å². The lowest BCUT2D eigenvalue weighted by atomic mass is 10.1. The van der Waals surface area contributed by atoms with E-state index in [0.717, 1.165) is 0 Å². The first-order valence-corrected chi connectivity index (χ1v) is 6.86. The van der Waals surface area contributed by atoms with Crippen LogP contribution in [0.3, 0.4) is 0 Å². The van der Waals surface area contributed by atoms with Crippen LogP contribution in [0.4, 0.5) is 11.4 Å². The highest BCUT2D eigenvalue weighted by Gasteiger charge is 2.29. The number of hydrogen-bond donors (Lipinski definition) is 1. The zero-order chi connectivity index (χ0) is 15.7. The van der Waals surface area contributed by atoms with E-state index in [0.29, 0.717) is 22.7 Å². The van der Waals surface area contributed by atoms with E-state index in [9.17, 15) is 9.59 Å². The molecule has 120 valence electrons. The Bertz CT molecular complexity index is 737. The van der Waals surface area contributed by atoms with E-state index in [-0.39, 0.29) is 24.2 Å². The Hall–Kier alpha value is -2.60. The predicted molar refractivity (Wildman–Crippen MR) is 89.4 cm³/mol. The first kappa shape index (κ1) is 16.8. The van der Waals surface area contributed by atoms with E-state index < -0.39 is 6.10 Å². The van der Waals surface area contributed by atoms with Crippen molar-refractivity contribution in [2.75, 3.05) is 17.3 Å². The molecule has 0 bridgehead atoms. The van der Waals surface area contributed by atoms with Gasteiger partial charge < -0.3 is 15.0 Å². The van der Waals surface area contributed by atoms with E-state index in [1.54, 1.807) is 50.5 Å². The van der Waals surface area contributed by atoms with Gasteiger partial charge in [-0.2, -0.15) is 0 Å². The number of aromatic nitrogens is 1. The number of ether oxygens (including phenoxy) is 1. The molecule has 1 aromatic carbocycles. The summed E-state index contributed by atoms with van der Waals surface area (Å²) in [5, 5.41) is 2.78. The number of benzene rings is 1. The molecule has 1 N–H and O–H groups in total. The highest BCUT2D eigenvalue weighted by molar-refractivity contribution is 6.05. The van der Waals surface area contributed by atoms with Gasteiger partial charge >= 0.3 is 0 Å². The number of rotatable bonds is 2. The van der Waals surface area contributed by atoms with Gasteiger partial charge in [-0.25, -0.2) is 0 Å². The van der Waals surface area contributed by atoms with E-state index in [4.69, 9.17) is 4.74 Å². The Kier molecular flexibility index (Phi) is 4.86. The number of amides is 2. The fourth-order valence-electron chi connectivity index (χ4n) is 2.29. The second kappa shape index (κ2) is 6.66. The summed E-state index contributed by atoms with van der Waals surface area (Å²) in [4.78, 5) is 29.5. The third kappa shape index (κ3) is 3.27. The van der Waals surface area contributed by atoms with Crippen LogP contribution in [0.2, 0.25) is 0 Å². The van der Waals surface area contributed by atoms with Gasteiger partial charge in [0.05, 0.1) is 11.3 Å². The number of pyridine rings is 1. The topological polar surface area (TPSA) is 71.5 Å². The molecule has 1 aromatic heterocycles. The lowest BCUT2D eigenvalue weighted by Gasteiger charge is -2.30. The Morgan fingerprint density at radius 3 is 2.83 bits per heavy atom. The first-order valence-electron chi connectivity index (χ1n) is 6.86. The maximum absolute atomic E-state index is 12.1. The average molecular weight is 334 g/mol. The minimum atomic E-state index is -0.506. The van der Waals surface area contributed by atoms with Crippen molar-refractivity contribution >= 4 is 35.6 Å². The Morgan fingerprint density at radius 1 is 1.35 bits per heavy atom. The normalized spacial score (nSPS) is 16.0. The fraction of sp³-hybridized carbons (Fsp3) is 0.188. The SMILES string of the molecule is CC1Oc2ccc(NC(=O)c3cccnc3)cc2N(C)C1=O.Cl. The van der Waals surface area contributed by atoms with Crippen molar-refractivity contribution in [1.29, 1.82) is 0 Å². The molecule has 1 unspecified atom stereocenters. The van der Waals surface area contributed by atoms with Gasteiger partial charge in [0.1, 0.15) is 5.75 Å². The van der Waals surface area contributed by atoms with E-state index >= 15 is 0 Å². The van der Waals surface area contributed by atoms with Crippen LogP contribution in [-0.4, -0.2) is 29.9 Å². The third-order valence-electron chi connectivity index (χ3n) is 3.48. The number of nitrogens with zero attached hydrogens (tertiary/aromatic N) is 2. The molecule has 3 rings (SSSR count). The van der Waals surface area contributed by atoms with Crippen LogP contribution in [0, 0.1) is 0 Å². The quantitative estimate of drug-likeness (QED) is 0.916. The molecule has 7 heteroatoms. The van der Waals surface area contributed by atoms with E-state index in [2.05, 4.69) is 10.3 Å². The van der Waals surface area contributed by atoms with Crippen molar-refractivity contribution in [3.05, 3.63) is 48.3 Å². The van der Waals surface area contributed by atoms with Gasteiger partial charge in [0, 0.05) is 25.1 Å². The molecule has 2 amide bonds. The zero-order valence-electron chi connectivity index (χ0n) is 12.6. The molecule has 23 heavy (non-hydrogen) atoms. The lowest BCUT2D eigenvalue weighted by molar-refractivity contribution is -0.125. The van der Waals surface area contributed by atoms with Crippen LogP contribution in [0.15, 0.2) is 42.7 Å². The van der Waals surface area contributed by atoms with Crippen molar-refractivity contribution < 1.29 is 14.3 Å². The summed E-state index contributed by atoms with van der Waals surface area (Å²) < 4.78 is 5.55. The van der Waals surface area contributed by atoms with E-state index in [1.165, 1.54) is 11.1 Å². The molecule has 1 aliphatic heterocycles. The summed E-state index contributed by atoms with van der Waals surface area (Å²) >= 11 is 0. The van der Waals surface area contributed by atoms with Crippen LogP contribution in [0.1, 0.15) is 17.3 Å². The Labute approximate surface area is 139 Å². The molecule has 0 fully saturated rings. The minimum absolute atomic E-state index is 0. The van der Waals surface area contributed by atoms with Gasteiger partial charge in [0.25, 0.3) is 11.8 Å². The first-order chi connectivity index (χ1) is 10.6.